The Hall–Kier alpha value is -0.610. The summed E-state index contributed by atoms with van der Waals surface area (Å²) < 4.78 is 0. The van der Waals surface area contributed by atoms with Gasteiger partial charge in [0.2, 0.25) is 0 Å². The van der Waals surface area contributed by atoms with Crippen molar-refractivity contribution in [1.82, 2.24) is 10.3 Å². The SMILES string of the molecule is CCCc1nc(N2CC(C)CC(C)C2C)sc1CNC. The van der Waals surface area contributed by atoms with Gasteiger partial charge in [-0.1, -0.05) is 27.2 Å². The molecule has 1 fully saturated rings. The molecule has 1 aromatic heterocycles. The van der Waals surface area contributed by atoms with Crippen LogP contribution in [0.3, 0.4) is 0 Å². The minimum Gasteiger partial charge on any atom is -0.345 e. The number of nitrogens with zero attached hydrogens (tertiary/aromatic N) is 2. The quantitative estimate of drug-likeness (QED) is 0.898. The second kappa shape index (κ2) is 6.90. The Balaban J connectivity index is 2.24. The summed E-state index contributed by atoms with van der Waals surface area (Å²) in [4.78, 5) is 8.93. The van der Waals surface area contributed by atoms with Gasteiger partial charge in [-0.2, -0.15) is 0 Å². The van der Waals surface area contributed by atoms with Crippen molar-refractivity contribution in [3.8, 4) is 0 Å². The number of hydrogen-bond acceptors (Lipinski definition) is 4. The molecule has 2 rings (SSSR count). The zero-order valence-corrected chi connectivity index (χ0v) is 14.4. The lowest BCUT2D eigenvalue weighted by Gasteiger charge is -2.41. The van der Waals surface area contributed by atoms with Crippen molar-refractivity contribution in [2.24, 2.45) is 11.8 Å². The molecule has 114 valence electrons. The molecule has 0 amide bonds. The number of rotatable bonds is 5. The molecule has 0 radical (unpaired) electrons. The number of thiazole rings is 1. The summed E-state index contributed by atoms with van der Waals surface area (Å²) in [6.07, 6.45) is 3.61. The molecule has 0 spiro atoms. The van der Waals surface area contributed by atoms with E-state index < -0.39 is 0 Å². The number of anilines is 1. The van der Waals surface area contributed by atoms with Crippen LogP contribution < -0.4 is 10.2 Å². The van der Waals surface area contributed by atoms with Crippen LogP contribution >= 0.6 is 11.3 Å². The Labute approximate surface area is 127 Å². The average molecular weight is 295 g/mol. The van der Waals surface area contributed by atoms with Gasteiger partial charge in [-0.3, -0.25) is 0 Å². The molecule has 1 aliphatic heterocycles. The van der Waals surface area contributed by atoms with Crippen LogP contribution in [0.2, 0.25) is 0 Å². The van der Waals surface area contributed by atoms with Crippen LogP contribution in [0.15, 0.2) is 0 Å². The molecule has 3 nitrogen and oxygen atoms in total. The first-order valence-corrected chi connectivity index (χ1v) is 8.78. The first-order chi connectivity index (χ1) is 9.56. The van der Waals surface area contributed by atoms with Gasteiger partial charge < -0.3 is 10.2 Å². The minimum absolute atomic E-state index is 0.606. The lowest BCUT2D eigenvalue weighted by Crippen LogP contribution is -2.45. The van der Waals surface area contributed by atoms with Gasteiger partial charge >= 0.3 is 0 Å². The van der Waals surface area contributed by atoms with E-state index in [0.29, 0.717) is 6.04 Å². The summed E-state index contributed by atoms with van der Waals surface area (Å²) in [5.74, 6) is 1.53. The highest BCUT2D eigenvalue weighted by atomic mass is 32.1. The standard InChI is InChI=1S/C16H29N3S/c1-6-7-14-15(9-17-5)20-16(18-14)19-10-11(2)8-12(3)13(19)4/h11-13,17H,6-10H2,1-5H3. The Bertz CT molecular complexity index is 406. The fraction of sp³-hybridized carbons (Fsp3) is 0.812. The van der Waals surface area contributed by atoms with E-state index in [1.54, 1.807) is 0 Å². The van der Waals surface area contributed by atoms with E-state index >= 15 is 0 Å². The highest BCUT2D eigenvalue weighted by Crippen LogP contribution is 2.35. The number of aromatic nitrogens is 1. The van der Waals surface area contributed by atoms with E-state index in [9.17, 15) is 0 Å². The van der Waals surface area contributed by atoms with Crippen LogP contribution in [0.5, 0.6) is 0 Å². The van der Waals surface area contributed by atoms with Gasteiger partial charge in [0, 0.05) is 24.0 Å². The number of piperidine rings is 1. The predicted molar refractivity (Wildman–Crippen MR) is 88.6 cm³/mol. The van der Waals surface area contributed by atoms with Gasteiger partial charge in [0.05, 0.1) is 5.69 Å². The third kappa shape index (κ3) is 3.34. The summed E-state index contributed by atoms with van der Waals surface area (Å²) in [6, 6.07) is 0.606. The van der Waals surface area contributed by atoms with Gasteiger partial charge in [0.1, 0.15) is 0 Å². The molecule has 1 N–H and O–H groups in total. The Morgan fingerprint density at radius 2 is 2.10 bits per heavy atom. The Morgan fingerprint density at radius 3 is 2.75 bits per heavy atom. The van der Waals surface area contributed by atoms with Crippen molar-refractivity contribution < 1.29 is 0 Å². The van der Waals surface area contributed by atoms with Crippen LogP contribution in [-0.2, 0) is 13.0 Å². The van der Waals surface area contributed by atoms with Crippen LogP contribution in [0.1, 0.15) is 51.1 Å². The van der Waals surface area contributed by atoms with Gasteiger partial charge in [0.25, 0.3) is 0 Å². The van der Waals surface area contributed by atoms with Gasteiger partial charge in [0.15, 0.2) is 5.13 Å². The maximum Gasteiger partial charge on any atom is 0.186 e. The van der Waals surface area contributed by atoms with Crippen molar-refractivity contribution in [2.75, 3.05) is 18.5 Å². The lowest BCUT2D eigenvalue weighted by atomic mass is 9.86. The van der Waals surface area contributed by atoms with Gasteiger partial charge in [-0.15, -0.1) is 11.3 Å². The second-order valence-corrected chi connectivity index (χ2v) is 7.42. The van der Waals surface area contributed by atoms with Crippen LogP contribution in [0, 0.1) is 11.8 Å². The molecule has 0 bridgehead atoms. The van der Waals surface area contributed by atoms with Crippen molar-refractivity contribution in [3.63, 3.8) is 0 Å². The van der Waals surface area contributed by atoms with Crippen LogP contribution in [-0.4, -0.2) is 24.6 Å². The topological polar surface area (TPSA) is 28.2 Å². The van der Waals surface area contributed by atoms with Crippen molar-refractivity contribution in [1.29, 1.82) is 0 Å². The van der Waals surface area contributed by atoms with Crippen molar-refractivity contribution >= 4 is 16.5 Å². The van der Waals surface area contributed by atoms with E-state index in [1.165, 1.54) is 28.5 Å². The number of aryl methyl sites for hydroxylation is 1. The molecule has 3 unspecified atom stereocenters. The highest BCUT2D eigenvalue weighted by molar-refractivity contribution is 7.15. The Morgan fingerprint density at radius 1 is 1.35 bits per heavy atom. The van der Waals surface area contributed by atoms with E-state index in [4.69, 9.17) is 4.98 Å². The Kier molecular flexibility index (Phi) is 5.44. The second-order valence-electron chi connectivity index (χ2n) is 6.36. The van der Waals surface area contributed by atoms with Crippen LogP contribution in [0.4, 0.5) is 5.13 Å². The zero-order chi connectivity index (χ0) is 14.7. The molecular weight excluding hydrogens is 266 g/mol. The third-order valence-electron chi connectivity index (χ3n) is 4.43. The smallest absolute Gasteiger partial charge is 0.186 e. The van der Waals surface area contributed by atoms with Crippen molar-refractivity contribution in [2.45, 2.75) is 59.5 Å². The molecule has 1 aliphatic rings. The first kappa shape index (κ1) is 15.8. The van der Waals surface area contributed by atoms with E-state index in [-0.39, 0.29) is 0 Å². The highest BCUT2D eigenvalue weighted by Gasteiger charge is 2.31. The molecule has 2 heterocycles. The largest absolute Gasteiger partial charge is 0.345 e. The van der Waals surface area contributed by atoms with Gasteiger partial charge in [-0.25, -0.2) is 4.98 Å². The molecule has 20 heavy (non-hydrogen) atoms. The summed E-state index contributed by atoms with van der Waals surface area (Å²) in [6.45, 7) is 11.4. The van der Waals surface area contributed by atoms with Crippen LogP contribution in [0.25, 0.3) is 0 Å². The molecule has 0 saturated carbocycles. The number of nitrogens with one attached hydrogen (secondary N) is 1. The molecule has 1 saturated heterocycles. The predicted octanol–water partition coefficient (Wildman–Crippen LogP) is 3.69. The normalized spacial score (nSPS) is 27.1. The third-order valence-corrected chi connectivity index (χ3v) is 5.57. The summed E-state index contributed by atoms with van der Waals surface area (Å²) in [7, 11) is 2.02. The fourth-order valence-electron chi connectivity index (χ4n) is 3.19. The molecule has 0 aliphatic carbocycles. The maximum absolute atomic E-state index is 4.97. The first-order valence-electron chi connectivity index (χ1n) is 7.96. The van der Waals surface area contributed by atoms with Crippen molar-refractivity contribution in [3.05, 3.63) is 10.6 Å². The summed E-state index contributed by atoms with van der Waals surface area (Å²) in [5.41, 5.74) is 1.31. The van der Waals surface area contributed by atoms with Gasteiger partial charge in [-0.05, 0) is 38.6 Å². The zero-order valence-electron chi connectivity index (χ0n) is 13.6. The minimum atomic E-state index is 0.606. The fourth-order valence-corrected chi connectivity index (χ4v) is 4.41. The molecular formula is C16H29N3S. The molecule has 1 aromatic rings. The summed E-state index contributed by atoms with van der Waals surface area (Å²) >= 11 is 1.89. The molecule has 0 aromatic carbocycles. The number of hydrogen-bond donors (Lipinski definition) is 1. The molecule has 4 heteroatoms. The molecule has 3 atom stereocenters. The summed E-state index contributed by atoms with van der Waals surface area (Å²) in [5, 5.41) is 4.52. The van der Waals surface area contributed by atoms with E-state index in [0.717, 1.165) is 31.3 Å². The average Bonchev–Trinajstić information content (AvgIpc) is 2.78. The monoisotopic (exact) mass is 295 g/mol. The van der Waals surface area contributed by atoms with E-state index in [2.05, 4.69) is 37.9 Å². The lowest BCUT2D eigenvalue weighted by molar-refractivity contribution is 0.297. The maximum atomic E-state index is 4.97. The van der Waals surface area contributed by atoms with E-state index in [1.807, 2.05) is 18.4 Å².